The second kappa shape index (κ2) is 4.93. The molecule has 1 aromatic carbocycles. The van der Waals surface area contributed by atoms with Crippen LogP contribution in [0.15, 0.2) is 12.1 Å². The first kappa shape index (κ1) is 11.7. The molecule has 0 heterocycles. The normalized spacial score (nSPS) is 10.1. The molecule has 0 N–H and O–H groups in total. The number of nitro benzene ring substituents is 1. The van der Waals surface area contributed by atoms with Gasteiger partial charge in [-0.3, -0.25) is 10.1 Å². The Morgan fingerprint density at radius 3 is 2.80 bits per heavy atom. The summed E-state index contributed by atoms with van der Waals surface area (Å²) in [7, 11) is 0. The largest absolute Gasteiger partial charge is 0.489 e. The Kier molecular flexibility index (Phi) is 3.85. The van der Waals surface area contributed by atoms with Crippen molar-refractivity contribution in [2.24, 2.45) is 0 Å². The van der Waals surface area contributed by atoms with E-state index in [1.54, 1.807) is 0 Å². The predicted octanol–water partition coefficient (Wildman–Crippen LogP) is 3.18. The fourth-order valence-electron chi connectivity index (χ4n) is 1.000. The van der Waals surface area contributed by atoms with Crippen LogP contribution in [0.2, 0.25) is 5.02 Å². The third-order valence-electron chi connectivity index (χ3n) is 1.68. The SMILES string of the molecule is CCCOc1c(Cl)ccc([N+](=O)[O-])c1F. The molecule has 15 heavy (non-hydrogen) atoms. The third kappa shape index (κ3) is 2.56. The lowest BCUT2D eigenvalue weighted by atomic mass is 10.3. The highest BCUT2D eigenvalue weighted by atomic mass is 35.5. The average Bonchev–Trinajstić information content (AvgIpc) is 2.17. The van der Waals surface area contributed by atoms with Gasteiger partial charge in [0, 0.05) is 6.07 Å². The Bertz CT molecular complexity index is 384. The molecule has 0 radical (unpaired) electrons. The monoisotopic (exact) mass is 233 g/mol. The number of halogens is 2. The second-order valence-electron chi connectivity index (χ2n) is 2.82. The predicted molar refractivity (Wildman–Crippen MR) is 53.9 cm³/mol. The number of nitrogens with zero attached hydrogens (tertiary/aromatic N) is 1. The van der Waals surface area contributed by atoms with E-state index in [-0.39, 0.29) is 17.4 Å². The Hall–Kier alpha value is -1.36. The summed E-state index contributed by atoms with van der Waals surface area (Å²) in [6.45, 7) is 2.10. The molecule has 0 fully saturated rings. The van der Waals surface area contributed by atoms with Gasteiger partial charge in [0.05, 0.1) is 16.6 Å². The van der Waals surface area contributed by atoms with Crippen molar-refractivity contribution < 1.29 is 14.1 Å². The molecule has 0 aliphatic heterocycles. The van der Waals surface area contributed by atoms with Gasteiger partial charge in [0.25, 0.3) is 0 Å². The van der Waals surface area contributed by atoms with Crippen LogP contribution in [-0.4, -0.2) is 11.5 Å². The lowest BCUT2D eigenvalue weighted by Gasteiger charge is -2.07. The van der Waals surface area contributed by atoms with Crippen LogP contribution in [0.3, 0.4) is 0 Å². The zero-order chi connectivity index (χ0) is 11.4. The molecule has 0 aliphatic carbocycles. The van der Waals surface area contributed by atoms with Crippen LogP contribution >= 0.6 is 11.6 Å². The fraction of sp³-hybridized carbons (Fsp3) is 0.333. The molecular weight excluding hydrogens is 225 g/mol. The molecule has 0 atom stereocenters. The Balaban J connectivity index is 3.12. The standard InChI is InChI=1S/C9H9ClFNO3/c1-2-5-15-9-6(10)3-4-7(8(9)11)12(13)14/h3-4H,2,5H2,1H3. The quantitative estimate of drug-likeness (QED) is 0.593. The van der Waals surface area contributed by atoms with Gasteiger partial charge in [-0.1, -0.05) is 18.5 Å². The first-order chi connectivity index (χ1) is 7.07. The Morgan fingerprint density at radius 2 is 2.27 bits per heavy atom. The number of hydrogen-bond acceptors (Lipinski definition) is 3. The minimum atomic E-state index is -1.03. The van der Waals surface area contributed by atoms with Crippen molar-refractivity contribution in [2.75, 3.05) is 6.61 Å². The van der Waals surface area contributed by atoms with Crippen LogP contribution in [0.1, 0.15) is 13.3 Å². The molecule has 0 spiro atoms. The van der Waals surface area contributed by atoms with Gasteiger partial charge in [-0.2, -0.15) is 4.39 Å². The molecule has 0 aliphatic rings. The molecule has 0 aromatic heterocycles. The van der Waals surface area contributed by atoms with Gasteiger partial charge in [0.2, 0.25) is 5.82 Å². The van der Waals surface area contributed by atoms with Crippen molar-refractivity contribution in [1.82, 2.24) is 0 Å². The molecule has 82 valence electrons. The maximum Gasteiger partial charge on any atom is 0.308 e. The second-order valence-corrected chi connectivity index (χ2v) is 3.22. The molecule has 1 rings (SSSR count). The highest BCUT2D eigenvalue weighted by Crippen LogP contribution is 2.33. The van der Waals surface area contributed by atoms with E-state index in [9.17, 15) is 14.5 Å². The molecule has 6 heteroatoms. The molecule has 0 amide bonds. The van der Waals surface area contributed by atoms with Crippen molar-refractivity contribution in [1.29, 1.82) is 0 Å². The first-order valence-electron chi connectivity index (χ1n) is 4.33. The molecule has 1 aromatic rings. The van der Waals surface area contributed by atoms with E-state index < -0.39 is 16.4 Å². The number of nitro groups is 1. The van der Waals surface area contributed by atoms with E-state index in [4.69, 9.17) is 16.3 Å². The van der Waals surface area contributed by atoms with E-state index in [1.807, 2.05) is 6.92 Å². The van der Waals surface area contributed by atoms with Crippen LogP contribution in [0, 0.1) is 15.9 Å². The summed E-state index contributed by atoms with van der Waals surface area (Å²) in [4.78, 5) is 9.61. The van der Waals surface area contributed by atoms with Crippen LogP contribution in [-0.2, 0) is 0 Å². The smallest absolute Gasteiger partial charge is 0.308 e. The summed E-state index contributed by atoms with van der Waals surface area (Å²) in [5.74, 6) is -1.28. The summed E-state index contributed by atoms with van der Waals surface area (Å²) in [6, 6.07) is 2.25. The van der Waals surface area contributed by atoms with Crippen molar-refractivity contribution in [3.63, 3.8) is 0 Å². The van der Waals surface area contributed by atoms with Gasteiger partial charge in [0.1, 0.15) is 0 Å². The molecule has 4 nitrogen and oxygen atoms in total. The van der Waals surface area contributed by atoms with Crippen LogP contribution in [0.5, 0.6) is 5.75 Å². The summed E-state index contributed by atoms with van der Waals surface area (Å²) in [5.41, 5.74) is -0.634. The van der Waals surface area contributed by atoms with E-state index in [0.29, 0.717) is 6.42 Å². The van der Waals surface area contributed by atoms with Crippen LogP contribution in [0.4, 0.5) is 10.1 Å². The zero-order valence-corrected chi connectivity index (χ0v) is 8.75. The van der Waals surface area contributed by atoms with E-state index in [2.05, 4.69) is 0 Å². The number of rotatable bonds is 4. The summed E-state index contributed by atoms with van der Waals surface area (Å²) < 4.78 is 18.5. The molecule has 0 saturated heterocycles. The number of hydrogen-bond donors (Lipinski definition) is 0. The Labute approximate surface area is 90.8 Å². The van der Waals surface area contributed by atoms with Gasteiger partial charge < -0.3 is 4.74 Å². The average molecular weight is 234 g/mol. The first-order valence-corrected chi connectivity index (χ1v) is 4.71. The number of ether oxygens (including phenoxy) is 1. The molecule has 0 saturated carbocycles. The summed E-state index contributed by atoms with van der Waals surface area (Å²) in [6.07, 6.45) is 0.665. The van der Waals surface area contributed by atoms with E-state index in [1.165, 1.54) is 6.07 Å². The van der Waals surface area contributed by atoms with Gasteiger partial charge in [0.15, 0.2) is 5.75 Å². The lowest BCUT2D eigenvalue weighted by Crippen LogP contribution is -2.01. The topological polar surface area (TPSA) is 52.4 Å². The van der Waals surface area contributed by atoms with Crippen LogP contribution in [0.25, 0.3) is 0 Å². The van der Waals surface area contributed by atoms with Crippen molar-refractivity contribution in [2.45, 2.75) is 13.3 Å². The van der Waals surface area contributed by atoms with Crippen LogP contribution < -0.4 is 4.74 Å². The number of benzene rings is 1. The van der Waals surface area contributed by atoms with Gasteiger partial charge >= 0.3 is 5.69 Å². The Morgan fingerprint density at radius 1 is 1.60 bits per heavy atom. The molecular formula is C9H9ClFNO3. The van der Waals surface area contributed by atoms with E-state index in [0.717, 1.165) is 6.07 Å². The maximum atomic E-state index is 13.5. The fourth-order valence-corrected chi connectivity index (χ4v) is 1.20. The van der Waals surface area contributed by atoms with Gasteiger partial charge in [-0.05, 0) is 12.5 Å². The highest BCUT2D eigenvalue weighted by Gasteiger charge is 2.21. The third-order valence-corrected chi connectivity index (χ3v) is 1.97. The van der Waals surface area contributed by atoms with E-state index >= 15 is 0 Å². The minimum absolute atomic E-state index is 0.0338. The summed E-state index contributed by atoms with van der Waals surface area (Å²) in [5, 5.41) is 10.5. The highest BCUT2D eigenvalue weighted by molar-refractivity contribution is 6.32. The minimum Gasteiger partial charge on any atom is -0.489 e. The van der Waals surface area contributed by atoms with Gasteiger partial charge in [-0.25, -0.2) is 0 Å². The maximum absolute atomic E-state index is 13.5. The van der Waals surface area contributed by atoms with Crippen molar-refractivity contribution in [3.05, 3.63) is 33.1 Å². The van der Waals surface area contributed by atoms with Gasteiger partial charge in [-0.15, -0.1) is 0 Å². The zero-order valence-electron chi connectivity index (χ0n) is 8.00. The van der Waals surface area contributed by atoms with Crippen molar-refractivity contribution in [3.8, 4) is 5.75 Å². The molecule has 0 bridgehead atoms. The molecule has 0 unspecified atom stereocenters. The van der Waals surface area contributed by atoms with Crippen molar-refractivity contribution >= 4 is 17.3 Å². The summed E-state index contributed by atoms with van der Waals surface area (Å²) >= 11 is 5.65. The lowest BCUT2D eigenvalue weighted by molar-refractivity contribution is -0.387.